The van der Waals surface area contributed by atoms with Gasteiger partial charge in [-0.25, -0.2) is 8.78 Å². The maximum Gasteiger partial charge on any atom is 0.257 e. The van der Waals surface area contributed by atoms with E-state index in [0.29, 0.717) is 13.1 Å². The number of piperidine rings is 1. The van der Waals surface area contributed by atoms with Gasteiger partial charge in [-0.15, -0.1) is 0 Å². The molecule has 0 N–H and O–H groups in total. The van der Waals surface area contributed by atoms with Crippen molar-refractivity contribution < 1.29 is 8.78 Å². The Morgan fingerprint density at radius 1 is 1.33 bits per heavy atom. The molecule has 0 amide bonds. The maximum atomic E-state index is 12.4. The monoisotopic (exact) mass is 151 g/mol. The average Bonchev–Trinajstić information content (AvgIpc) is 2.27. The molecule has 9 heavy (non-hydrogen) atoms. The highest BCUT2D eigenvalue weighted by molar-refractivity contribution is 7.77. The van der Waals surface area contributed by atoms with Crippen LogP contribution in [0.2, 0.25) is 0 Å². The predicted octanol–water partition coefficient (Wildman–Crippen LogP) is 1.03. The summed E-state index contributed by atoms with van der Waals surface area (Å²) in [6.07, 6.45) is 0. The first-order valence-electron chi connectivity index (χ1n) is 2.94. The molecular formula is C5H7F2NS. The van der Waals surface area contributed by atoms with Gasteiger partial charge in [0.1, 0.15) is 0 Å². The molecule has 0 bridgehead atoms. The van der Waals surface area contributed by atoms with E-state index < -0.39 is 5.92 Å². The zero-order valence-electron chi connectivity index (χ0n) is 4.72. The Hall–Kier alpha value is 0.170. The molecule has 1 heterocycles. The second-order valence-electron chi connectivity index (χ2n) is 2.76. The fourth-order valence-electron chi connectivity index (χ4n) is 1.49. The van der Waals surface area contributed by atoms with Crippen molar-refractivity contribution >= 4 is 12.8 Å². The van der Waals surface area contributed by atoms with Gasteiger partial charge in [-0.3, -0.25) is 4.31 Å². The first-order chi connectivity index (χ1) is 4.12. The molecule has 0 aromatic heterocycles. The molecule has 1 aliphatic heterocycles. The van der Waals surface area contributed by atoms with E-state index in [1.807, 2.05) is 0 Å². The van der Waals surface area contributed by atoms with Crippen molar-refractivity contribution in [1.29, 1.82) is 0 Å². The maximum absolute atomic E-state index is 12.4. The van der Waals surface area contributed by atoms with Crippen LogP contribution in [0.5, 0.6) is 0 Å². The Morgan fingerprint density at radius 2 is 1.78 bits per heavy atom. The van der Waals surface area contributed by atoms with Crippen molar-refractivity contribution in [3.8, 4) is 0 Å². The molecular weight excluding hydrogens is 144 g/mol. The van der Waals surface area contributed by atoms with Crippen molar-refractivity contribution in [3.63, 3.8) is 0 Å². The van der Waals surface area contributed by atoms with E-state index in [0.717, 1.165) is 0 Å². The van der Waals surface area contributed by atoms with Gasteiger partial charge in [-0.2, -0.15) is 0 Å². The highest BCUT2D eigenvalue weighted by Crippen LogP contribution is 2.59. The second kappa shape index (κ2) is 1.42. The second-order valence-corrected chi connectivity index (χ2v) is 3.32. The minimum absolute atomic E-state index is 0.380. The molecule has 0 aromatic carbocycles. The van der Waals surface area contributed by atoms with Crippen LogP contribution in [0.4, 0.5) is 8.78 Å². The number of thiol groups is 1. The van der Waals surface area contributed by atoms with Gasteiger partial charge >= 0.3 is 0 Å². The standard InChI is InChI=1S/C5H7F2NS/c6-5(7)3-1-8(9)2-4(3)5/h3-4,9H,1-2H2. The number of rotatable bonds is 0. The van der Waals surface area contributed by atoms with Crippen molar-refractivity contribution in [1.82, 2.24) is 4.31 Å². The molecule has 52 valence electrons. The fraction of sp³-hybridized carbons (Fsp3) is 1.00. The Kier molecular flexibility index (Phi) is 0.937. The Morgan fingerprint density at radius 3 is 2.11 bits per heavy atom. The Balaban J connectivity index is 2.06. The smallest absolute Gasteiger partial charge is 0.252 e. The number of alkyl halides is 2. The summed E-state index contributed by atoms with van der Waals surface area (Å²) in [6, 6.07) is 0. The molecule has 2 aliphatic rings. The van der Waals surface area contributed by atoms with E-state index >= 15 is 0 Å². The van der Waals surface area contributed by atoms with Crippen molar-refractivity contribution in [2.45, 2.75) is 5.92 Å². The highest BCUT2D eigenvalue weighted by Gasteiger charge is 2.71. The van der Waals surface area contributed by atoms with Crippen molar-refractivity contribution in [2.24, 2.45) is 11.8 Å². The first-order valence-corrected chi connectivity index (χ1v) is 3.34. The predicted molar refractivity (Wildman–Crippen MR) is 32.5 cm³/mol. The van der Waals surface area contributed by atoms with E-state index in [2.05, 4.69) is 12.8 Å². The molecule has 2 rings (SSSR count). The largest absolute Gasteiger partial charge is 0.257 e. The molecule has 1 saturated carbocycles. The summed E-state index contributed by atoms with van der Waals surface area (Å²) in [5, 5.41) is 0. The lowest BCUT2D eigenvalue weighted by Gasteiger charge is -2.10. The van der Waals surface area contributed by atoms with E-state index in [9.17, 15) is 8.78 Å². The number of halogens is 2. The average molecular weight is 151 g/mol. The van der Waals surface area contributed by atoms with E-state index in [-0.39, 0.29) is 11.8 Å². The summed E-state index contributed by atoms with van der Waals surface area (Å²) in [7, 11) is 0. The topological polar surface area (TPSA) is 3.24 Å². The molecule has 2 fully saturated rings. The third-order valence-corrected chi connectivity index (χ3v) is 2.51. The van der Waals surface area contributed by atoms with Gasteiger partial charge in [0.05, 0.1) is 0 Å². The minimum atomic E-state index is -2.35. The molecule has 4 heteroatoms. The lowest BCUT2D eigenvalue weighted by Crippen LogP contribution is -2.18. The van der Waals surface area contributed by atoms with Gasteiger partial charge < -0.3 is 0 Å². The Labute approximate surface area is 57.6 Å². The summed E-state index contributed by atoms with van der Waals surface area (Å²) in [6.45, 7) is 0.918. The number of fused-ring (bicyclic) bond motifs is 1. The molecule has 1 nitrogen and oxygen atoms in total. The third-order valence-electron chi connectivity index (χ3n) is 2.18. The molecule has 0 aromatic rings. The van der Waals surface area contributed by atoms with Crippen LogP contribution in [-0.4, -0.2) is 23.3 Å². The van der Waals surface area contributed by atoms with Crippen LogP contribution >= 0.6 is 12.8 Å². The zero-order chi connectivity index (χ0) is 6.65. The molecule has 1 aliphatic carbocycles. The summed E-state index contributed by atoms with van der Waals surface area (Å²) in [5.41, 5.74) is 0. The van der Waals surface area contributed by atoms with Gasteiger partial charge in [0.25, 0.3) is 5.92 Å². The summed E-state index contributed by atoms with van der Waals surface area (Å²) in [4.78, 5) is 0. The highest BCUT2D eigenvalue weighted by atomic mass is 32.1. The lowest BCUT2D eigenvalue weighted by molar-refractivity contribution is 0.0676. The number of nitrogens with zero attached hydrogens (tertiary/aromatic N) is 1. The van der Waals surface area contributed by atoms with Crippen LogP contribution in [0, 0.1) is 11.8 Å². The number of hydrogen-bond acceptors (Lipinski definition) is 2. The van der Waals surface area contributed by atoms with Crippen LogP contribution in [-0.2, 0) is 0 Å². The molecule has 0 spiro atoms. The quantitative estimate of drug-likeness (QED) is 0.506. The van der Waals surface area contributed by atoms with Crippen LogP contribution < -0.4 is 0 Å². The fourth-order valence-corrected chi connectivity index (χ4v) is 1.84. The number of hydrogen-bond donors (Lipinski definition) is 1. The minimum Gasteiger partial charge on any atom is -0.252 e. The van der Waals surface area contributed by atoms with Crippen LogP contribution in [0.1, 0.15) is 0 Å². The zero-order valence-corrected chi connectivity index (χ0v) is 5.61. The lowest BCUT2D eigenvalue weighted by atomic mass is 10.4. The Bertz CT molecular complexity index is 136. The molecule has 2 atom stereocenters. The summed E-state index contributed by atoms with van der Waals surface area (Å²) >= 11 is 3.96. The summed E-state index contributed by atoms with van der Waals surface area (Å²) < 4.78 is 26.4. The molecule has 0 radical (unpaired) electrons. The molecule has 2 unspecified atom stereocenters. The van der Waals surface area contributed by atoms with Crippen molar-refractivity contribution in [2.75, 3.05) is 13.1 Å². The molecule has 1 saturated heterocycles. The van der Waals surface area contributed by atoms with Crippen LogP contribution in [0.25, 0.3) is 0 Å². The summed E-state index contributed by atoms with van der Waals surface area (Å²) in [5.74, 6) is -3.11. The van der Waals surface area contributed by atoms with Crippen LogP contribution in [0.15, 0.2) is 0 Å². The van der Waals surface area contributed by atoms with Gasteiger partial charge in [0, 0.05) is 24.9 Å². The van der Waals surface area contributed by atoms with Gasteiger partial charge in [0.2, 0.25) is 0 Å². The van der Waals surface area contributed by atoms with Gasteiger partial charge in [-0.1, -0.05) is 12.8 Å². The SMILES string of the molecule is FC1(F)C2CN(S)CC21. The van der Waals surface area contributed by atoms with Gasteiger partial charge in [-0.05, 0) is 0 Å². The van der Waals surface area contributed by atoms with E-state index in [4.69, 9.17) is 0 Å². The van der Waals surface area contributed by atoms with E-state index in [1.54, 1.807) is 4.31 Å². The van der Waals surface area contributed by atoms with Gasteiger partial charge in [0.15, 0.2) is 0 Å². The van der Waals surface area contributed by atoms with Crippen LogP contribution in [0.3, 0.4) is 0 Å². The van der Waals surface area contributed by atoms with Crippen molar-refractivity contribution in [3.05, 3.63) is 0 Å². The normalized spacial score (nSPS) is 47.0. The van der Waals surface area contributed by atoms with E-state index in [1.165, 1.54) is 0 Å². The third kappa shape index (κ3) is 0.633. The first kappa shape index (κ1) is 5.92.